The van der Waals surface area contributed by atoms with Gasteiger partial charge in [0.1, 0.15) is 0 Å². The molecule has 33 heavy (non-hydrogen) atoms. The van der Waals surface area contributed by atoms with Crippen molar-refractivity contribution in [1.29, 1.82) is 0 Å². The molecular formula is C22H30F4N4O3. The molecule has 1 spiro atoms. The Hall–Kier alpha value is -2.01. The largest absolute Gasteiger partial charge is 0.490 e. The minimum atomic E-state index is -5.08. The Balaban J connectivity index is 0.000000325. The monoisotopic (exact) mass is 474 g/mol. The summed E-state index contributed by atoms with van der Waals surface area (Å²) in [6.45, 7) is 6.24. The third kappa shape index (κ3) is 6.53. The summed E-state index contributed by atoms with van der Waals surface area (Å²) in [6, 6.07) is 0. The van der Waals surface area contributed by atoms with Crippen LogP contribution in [0, 0.1) is 23.6 Å². The van der Waals surface area contributed by atoms with Gasteiger partial charge < -0.3 is 14.7 Å². The Morgan fingerprint density at radius 1 is 1.06 bits per heavy atom. The molecule has 2 aliphatic heterocycles. The third-order valence-electron chi connectivity index (χ3n) is 6.83. The molecule has 7 nitrogen and oxygen atoms in total. The number of hydrogen-bond acceptors (Lipinski definition) is 6. The number of nitrogens with zero attached hydrogens (tertiary/aromatic N) is 4. The van der Waals surface area contributed by atoms with Gasteiger partial charge in [-0.3, -0.25) is 4.90 Å². The first-order valence-corrected chi connectivity index (χ1v) is 11.5. The average Bonchev–Trinajstić information content (AvgIpc) is 3.64. The maximum atomic E-state index is 13.1. The maximum absolute atomic E-state index is 13.1. The lowest BCUT2D eigenvalue weighted by molar-refractivity contribution is -0.192. The van der Waals surface area contributed by atoms with E-state index in [2.05, 4.69) is 19.8 Å². The first kappa shape index (κ1) is 24.1. The predicted molar refractivity (Wildman–Crippen MR) is 111 cm³/mol. The van der Waals surface area contributed by atoms with Gasteiger partial charge in [0.05, 0.1) is 17.9 Å². The van der Waals surface area contributed by atoms with E-state index in [-0.39, 0.29) is 11.4 Å². The Morgan fingerprint density at radius 2 is 1.64 bits per heavy atom. The van der Waals surface area contributed by atoms with Crippen molar-refractivity contribution in [2.75, 3.05) is 44.3 Å². The molecule has 2 aliphatic carbocycles. The number of rotatable bonds is 7. The normalized spacial score (nSPS) is 24.7. The van der Waals surface area contributed by atoms with Crippen LogP contribution < -0.4 is 4.90 Å². The maximum Gasteiger partial charge on any atom is 0.490 e. The van der Waals surface area contributed by atoms with Gasteiger partial charge in [-0.2, -0.15) is 13.2 Å². The summed E-state index contributed by atoms with van der Waals surface area (Å²) in [7, 11) is 0. The van der Waals surface area contributed by atoms with Crippen LogP contribution in [0.1, 0.15) is 38.5 Å². The van der Waals surface area contributed by atoms with Crippen LogP contribution in [-0.2, 0) is 9.53 Å². The highest BCUT2D eigenvalue weighted by Gasteiger charge is 2.52. The Labute approximate surface area is 190 Å². The summed E-state index contributed by atoms with van der Waals surface area (Å²) in [5.74, 6) is -0.0484. The SMILES string of the molecule is Fc1cnc(N2CC3(CC(COCC4CC4)CCN3CC3CC3)C2)nc1.O=C(O)C(F)(F)F. The first-order chi connectivity index (χ1) is 15.6. The van der Waals surface area contributed by atoms with Crippen molar-refractivity contribution in [3.8, 4) is 0 Å². The van der Waals surface area contributed by atoms with Crippen molar-refractivity contribution >= 4 is 11.9 Å². The zero-order chi connectivity index (χ0) is 23.6. The smallest absolute Gasteiger partial charge is 0.475 e. The van der Waals surface area contributed by atoms with E-state index in [1.807, 2.05) is 0 Å². The molecule has 11 heteroatoms. The molecule has 4 fully saturated rings. The number of aliphatic carboxylic acids is 1. The zero-order valence-electron chi connectivity index (χ0n) is 18.4. The van der Waals surface area contributed by atoms with Crippen LogP contribution in [0.2, 0.25) is 0 Å². The summed E-state index contributed by atoms with van der Waals surface area (Å²) >= 11 is 0. The number of carboxylic acids is 1. The minimum absolute atomic E-state index is 0.242. The number of carbonyl (C=O) groups is 1. The fraction of sp³-hybridized carbons (Fsp3) is 0.773. The number of halogens is 4. The average molecular weight is 474 g/mol. The van der Waals surface area contributed by atoms with Gasteiger partial charge in [0.25, 0.3) is 0 Å². The first-order valence-electron chi connectivity index (χ1n) is 11.5. The van der Waals surface area contributed by atoms with E-state index in [0.717, 1.165) is 38.1 Å². The number of carboxylic acid groups (broad SMARTS) is 1. The molecule has 184 valence electrons. The molecule has 0 aromatic carbocycles. The van der Waals surface area contributed by atoms with Gasteiger partial charge in [-0.25, -0.2) is 19.2 Å². The van der Waals surface area contributed by atoms with Gasteiger partial charge in [-0.1, -0.05) is 0 Å². The minimum Gasteiger partial charge on any atom is -0.475 e. The fourth-order valence-electron chi connectivity index (χ4n) is 4.67. The molecule has 1 aromatic heterocycles. The molecule has 5 rings (SSSR count). The van der Waals surface area contributed by atoms with E-state index >= 15 is 0 Å². The second kappa shape index (κ2) is 9.69. The van der Waals surface area contributed by atoms with Crippen LogP contribution in [0.25, 0.3) is 0 Å². The van der Waals surface area contributed by atoms with Crippen molar-refractivity contribution < 1.29 is 32.2 Å². The van der Waals surface area contributed by atoms with Crippen LogP contribution in [-0.4, -0.2) is 77.1 Å². The zero-order valence-corrected chi connectivity index (χ0v) is 18.4. The molecular weight excluding hydrogens is 444 g/mol. The number of alkyl halides is 3. The van der Waals surface area contributed by atoms with E-state index in [1.165, 1.54) is 64.0 Å². The summed E-state index contributed by atoms with van der Waals surface area (Å²) in [5.41, 5.74) is 0.242. The van der Waals surface area contributed by atoms with Crippen LogP contribution in [0.4, 0.5) is 23.5 Å². The van der Waals surface area contributed by atoms with Crippen molar-refractivity contribution in [3.05, 3.63) is 18.2 Å². The van der Waals surface area contributed by atoms with Crippen molar-refractivity contribution in [3.63, 3.8) is 0 Å². The molecule has 1 N–H and O–H groups in total. The van der Waals surface area contributed by atoms with Gasteiger partial charge in [0.15, 0.2) is 5.82 Å². The molecule has 1 atom stereocenters. The van der Waals surface area contributed by atoms with Crippen LogP contribution >= 0.6 is 0 Å². The van der Waals surface area contributed by atoms with Gasteiger partial charge in [-0.15, -0.1) is 0 Å². The number of anilines is 1. The second-order valence-electron chi connectivity index (χ2n) is 9.81. The van der Waals surface area contributed by atoms with E-state index in [9.17, 15) is 17.6 Å². The molecule has 0 bridgehead atoms. The summed E-state index contributed by atoms with van der Waals surface area (Å²) in [6.07, 6.45) is 5.42. The van der Waals surface area contributed by atoms with E-state index in [4.69, 9.17) is 14.6 Å². The highest BCUT2D eigenvalue weighted by atomic mass is 19.4. The second-order valence-corrected chi connectivity index (χ2v) is 9.81. The number of hydrogen-bond donors (Lipinski definition) is 1. The van der Waals surface area contributed by atoms with Crippen molar-refractivity contribution in [2.45, 2.75) is 50.2 Å². The highest BCUT2D eigenvalue weighted by molar-refractivity contribution is 5.73. The van der Waals surface area contributed by atoms with Crippen molar-refractivity contribution in [2.24, 2.45) is 17.8 Å². The lowest BCUT2D eigenvalue weighted by Crippen LogP contribution is -2.73. The number of ether oxygens (including phenoxy) is 1. The Bertz CT molecular complexity index is 809. The lowest BCUT2D eigenvalue weighted by Gasteiger charge is -2.59. The van der Waals surface area contributed by atoms with Crippen LogP contribution in [0.3, 0.4) is 0 Å². The molecule has 1 aromatic rings. The van der Waals surface area contributed by atoms with E-state index < -0.39 is 12.1 Å². The Kier molecular flexibility index (Phi) is 7.09. The standard InChI is InChI=1S/C20H29FN4O.C2HF3O2/c21-18-8-22-19(23-9-18)24-13-20(14-24)7-17(12-26-11-16-3-4-16)5-6-25(20)10-15-1-2-15;3-2(4,5)1(6)7/h8-9,15-17H,1-7,10-14H2;(H,6,7). The molecule has 2 saturated carbocycles. The Morgan fingerprint density at radius 3 is 2.18 bits per heavy atom. The van der Waals surface area contributed by atoms with Crippen LogP contribution in [0.15, 0.2) is 12.4 Å². The number of piperidine rings is 1. The number of aromatic nitrogens is 2. The van der Waals surface area contributed by atoms with Gasteiger partial charge >= 0.3 is 12.1 Å². The molecule has 1 unspecified atom stereocenters. The van der Waals surface area contributed by atoms with E-state index in [0.29, 0.717) is 11.9 Å². The lowest BCUT2D eigenvalue weighted by atomic mass is 9.75. The van der Waals surface area contributed by atoms with Crippen LogP contribution in [0.5, 0.6) is 0 Å². The molecule has 0 radical (unpaired) electrons. The van der Waals surface area contributed by atoms with E-state index in [1.54, 1.807) is 0 Å². The van der Waals surface area contributed by atoms with Crippen molar-refractivity contribution in [1.82, 2.24) is 14.9 Å². The summed E-state index contributed by atoms with van der Waals surface area (Å²) in [4.78, 5) is 22.2. The van der Waals surface area contributed by atoms with Gasteiger partial charge in [0, 0.05) is 32.8 Å². The molecule has 0 amide bonds. The molecule has 3 heterocycles. The molecule has 2 saturated heterocycles. The summed E-state index contributed by atoms with van der Waals surface area (Å²) < 4.78 is 50.8. The summed E-state index contributed by atoms with van der Waals surface area (Å²) in [5, 5.41) is 7.12. The third-order valence-corrected chi connectivity index (χ3v) is 6.83. The highest BCUT2D eigenvalue weighted by Crippen LogP contribution is 2.43. The van der Waals surface area contributed by atoms with Gasteiger partial charge in [0.2, 0.25) is 5.95 Å². The number of likely N-dealkylation sites (tertiary alicyclic amines) is 1. The quantitative estimate of drug-likeness (QED) is 0.607. The topological polar surface area (TPSA) is 78.8 Å². The molecule has 4 aliphatic rings. The predicted octanol–water partition coefficient (Wildman–Crippen LogP) is 3.36. The van der Waals surface area contributed by atoms with Gasteiger partial charge in [-0.05, 0) is 62.8 Å². The fourth-order valence-corrected chi connectivity index (χ4v) is 4.67.